The van der Waals surface area contributed by atoms with Crippen LogP contribution in [0.1, 0.15) is 36.1 Å². The van der Waals surface area contributed by atoms with E-state index >= 15 is 0 Å². The molecule has 30 heavy (non-hydrogen) atoms. The molecule has 1 N–H and O–H groups in total. The molecule has 6 heteroatoms. The zero-order valence-corrected chi connectivity index (χ0v) is 17.2. The number of para-hydroxylation sites is 1. The Kier molecular flexibility index (Phi) is 4.24. The first kappa shape index (κ1) is 18.6. The van der Waals surface area contributed by atoms with Crippen molar-refractivity contribution in [3.05, 3.63) is 65.5 Å². The number of amides is 2. The highest BCUT2D eigenvalue weighted by Crippen LogP contribution is 2.50. The van der Waals surface area contributed by atoms with Gasteiger partial charge in [0.05, 0.1) is 12.0 Å². The zero-order chi connectivity index (χ0) is 20.9. The number of pyridine rings is 1. The molecule has 1 saturated carbocycles. The smallest absolute Gasteiger partial charge is 0.246 e. The van der Waals surface area contributed by atoms with Crippen molar-refractivity contribution in [2.24, 2.45) is 7.05 Å². The molecule has 5 rings (SSSR count). The van der Waals surface area contributed by atoms with E-state index in [2.05, 4.69) is 33.1 Å². The van der Waals surface area contributed by atoms with Crippen molar-refractivity contribution in [2.75, 3.05) is 12.4 Å². The number of hydrogen-bond acceptors (Lipinski definition) is 3. The summed E-state index contributed by atoms with van der Waals surface area (Å²) in [7, 11) is 3.82. The topological polar surface area (TPSA) is 67.2 Å². The maximum atomic E-state index is 12.7. The van der Waals surface area contributed by atoms with Gasteiger partial charge in [-0.2, -0.15) is 0 Å². The number of aromatic nitrogens is 2. The molecule has 3 aromatic rings. The summed E-state index contributed by atoms with van der Waals surface area (Å²) in [4.78, 5) is 31.1. The minimum atomic E-state index is -0.401. The number of carbonyl (C=O) groups is 2. The second-order valence-electron chi connectivity index (χ2n) is 8.34. The van der Waals surface area contributed by atoms with Crippen LogP contribution in [0, 0.1) is 0 Å². The van der Waals surface area contributed by atoms with E-state index in [1.165, 1.54) is 5.39 Å². The first-order valence-electron chi connectivity index (χ1n) is 10.3. The lowest BCUT2D eigenvalue weighted by molar-refractivity contribution is -0.125. The molecule has 2 amide bonds. The molecule has 1 fully saturated rings. The quantitative estimate of drug-likeness (QED) is 0.680. The van der Waals surface area contributed by atoms with E-state index in [0.717, 1.165) is 41.6 Å². The van der Waals surface area contributed by atoms with Crippen LogP contribution >= 0.6 is 0 Å². The summed E-state index contributed by atoms with van der Waals surface area (Å²) in [6, 6.07) is 12.3. The first-order valence-corrected chi connectivity index (χ1v) is 10.3. The highest BCUT2D eigenvalue weighted by Gasteiger charge is 2.51. The minimum Gasteiger partial charge on any atom is -0.346 e. The van der Waals surface area contributed by atoms with Crippen LogP contribution in [0.5, 0.6) is 0 Å². The van der Waals surface area contributed by atoms with Gasteiger partial charge in [-0.15, -0.1) is 0 Å². The van der Waals surface area contributed by atoms with Gasteiger partial charge in [-0.05, 0) is 48.1 Å². The zero-order valence-electron chi connectivity index (χ0n) is 17.2. The predicted octanol–water partition coefficient (Wildman–Crippen LogP) is 3.62. The largest absolute Gasteiger partial charge is 0.346 e. The Morgan fingerprint density at radius 3 is 2.83 bits per heavy atom. The lowest BCUT2D eigenvalue weighted by atomic mass is 9.65. The van der Waals surface area contributed by atoms with Gasteiger partial charge in [0.15, 0.2) is 0 Å². The molecule has 2 aromatic heterocycles. The van der Waals surface area contributed by atoms with Crippen molar-refractivity contribution in [3.8, 4) is 0 Å². The van der Waals surface area contributed by atoms with Crippen molar-refractivity contribution in [1.29, 1.82) is 0 Å². The van der Waals surface area contributed by atoms with Crippen LogP contribution in [0.3, 0.4) is 0 Å². The fourth-order valence-corrected chi connectivity index (χ4v) is 4.53. The Hall–Kier alpha value is -3.41. The third kappa shape index (κ3) is 2.83. The summed E-state index contributed by atoms with van der Waals surface area (Å²) >= 11 is 0. The third-order valence-electron chi connectivity index (χ3n) is 6.54. The van der Waals surface area contributed by atoms with Crippen LogP contribution in [0.2, 0.25) is 0 Å². The van der Waals surface area contributed by atoms with Gasteiger partial charge in [0.25, 0.3) is 0 Å². The number of anilines is 1. The average molecular weight is 400 g/mol. The molecule has 1 spiro atoms. The van der Waals surface area contributed by atoms with Gasteiger partial charge < -0.3 is 14.8 Å². The van der Waals surface area contributed by atoms with Crippen molar-refractivity contribution in [2.45, 2.75) is 31.2 Å². The molecule has 1 aromatic carbocycles. The van der Waals surface area contributed by atoms with E-state index in [1.54, 1.807) is 30.3 Å². The van der Waals surface area contributed by atoms with Gasteiger partial charge in [0, 0.05) is 43.1 Å². The molecule has 2 aliphatic rings. The maximum absolute atomic E-state index is 12.7. The van der Waals surface area contributed by atoms with E-state index in [-0.39, 0.29) is 11.8 Å². The number of likely N-dealkylation sites (N-methyl/N-ethyl adjacent to an activating group) is 1. The fraction of sp³-hybridized carbons (Fsp3) is 0.292. The second-order valence-corrected chi connectivity index (χ2v) is 8.34. The molecule has 3 heterocycles. The van der Waals surface area contributed by atoms with Crippen LogP contribution in [0.4, 0.5) is 5.82 Å². The number of rotatable bonds is 4. The molecule has 1 aliphatic heterocycles. The summed E-state index contributed by atoms with van der Waals surface area (Å²) in [5.74, 6) is 0.646. The number of nitrogens with one attached hydrogen (secondary N) is 1. The second kappa shape index (κ2) is 6.83. The molecule has 1 aliphatic carbocycles. The third-order valence-corrected chi connectivity index (χ3v) is 6.54. The number of fused-ring (bicyclic) bond motifs is 3. The highest BCUT2D eigenvalue weighted by molar-refractivity contribution is 6.06. The summed E-state index contributed by atoms with van der Waals surface area (Å²) in [5, 5.41) is 4.06. The number of hydrogen-bond donors (Lipinski definition) is 1. The predicted molar refractivity (Wildman–Crippen MR) is 117 cm³/mol. The first-order chi connectivity index (χ1) is 14.5. The summed E-state index contributed by atoms with van der Waals surface area (Å²) < 4.78 is 2.12. The van der Waals surface area contributed by atoms with Gasteiger partial charge in [0.1, 0.15) is 5.82 Å². The normalized spacial score (nSPS) is 16.7. The summed E-state index contributed by atoms with van der Waals surface area (Å²) in [6.07, 6.45) is 7.85. The standard InChI is InChI=1S/C24H24N4O2/c1-27(15-18-13-17-6-3-4-7-20(17)28(18)2)21(29)9-8-16-12-19-22(25-14-16)26-23(30)24(19)10-5-11-24/h3-4,6-9,12-14H,5,10-11,15H2,1-2H3,(H,25,26,30)/b9-8+. The maximum Gasteiger partial charge on any atom is 0.246 e. The Balaban J connectivity index is 1.32. The number of nitrogens with zero attached hydrogens (tertiary/aromatic N) is 3. The number of carbonyl (C=O) groups excluding carboxylic acids is 2. The number of aryl methyl sites for hydroxylation is 1. The van der Waals surface area contributed by atoms with Crippen LogP contribution < -0.4 is 5.32 Å². The minimum absolute atomic E-state index is 0.0585. The Morgan fingerprint density at radius 2 is 2.10 bits per heavy atom. The highest BCUT2D eigenvalue weighted by atomic mass is 16.2. The Bertz CT molecular complexity index is 1200. The molecule has 152 valence electrons. The van der Waals surface area contributed by atoms with E-state index in [1.807, 2.05) is 25.2 Å². The lowest BCUT2D eigenvalue weighted by Crippen LogP contribution is -2.40. The Morgan fingerprint density at radius 1 is 1.30 bits per heavy atom. The van der Waals surface area contributed by atoms with Gasteiger partial charge in [-0.1, -0.05) is 24.6 Å². The van der Waals surface area contributed by atoms with E-state index in [4.69, 9.17) is 0 Å². The van der Waals surface area contributed by atoms with E-state index in [0.29, 0.717) is 12.4 Å². The molecule has 0 bridgehead atoms. The number of benzene rings is 1. The van der Waals surface area contributed by atoms with Crippen LogP contribution in [0.15, 0.2) is 48.7 Å². The van der Waals surface area contributed by atoms with Crippen LogP contribution in [-0.2, 0) is 28.6 Å². The fourth-order valence-electron chi connectivity index (χ4n) is 4.53. The van der Waals surface area contributed by atoms with Crippen LogP contribution in [0.25, 0.3) is 17.0 Å². The average Bonchev–Trinajstić information content (AvgIpc) is 3.19. The SMILES string of the molecule is CN(Cc1cc2ccccc2n1C)C(=O)/C=C/c1cnc2c(c1)C1(CCC1)C(=O)N2. The lowest BCUT2D eigenvalue weighted by Gasteiger charge is -2.35. The summed E-state index contributed by atoms with van der Waals surface area (Å²) in [6.45, 7) is 0.526. The summed E-state index contributed by atoms with van der Waals surface area (Å²) in [5.41, 5.74) is 3.64. The Labute approximate surface area is 175 Å². The molecule has 0 atom stereocenters. The molecular weight excluding hydrogens is 376 g/mol. The van der Waals surface area contributed by atoms with Crippen molar-refractivity contribution in [1.82, 2.24) is 14.5 Å². The van der Waals surface area contributed by atoms with Gasteiger partial charge in [0.2, 0.25) is 11.8 Å². The van der Waals surface area contributed by atoms with Gasteiger partial charge in [-0.3, -0.25) is 9.59 Å². The van der Waals surface area contributed by atoms with E-state index in [9.17, 15) is 9.59 Å². The van der Waals surface area contributed by atoms with Crippen LogP contribution in [-0.4, -0.2) is 33.3 Å². The molecule has 6 nitrogen and oxygen atoms in total. The monoisotopic (exact) mass is 400 g/mol. The van der Waals surface area contributed by atoms with Gasteiger partial charge >= 0.3 is 0 Å². The molecule has 0 saturated heterocycles. The molecule has 0 unspecified atom stereocenters. The van der Waals surface area contributed by atoms with E-state index < -0.39 is 5.41 Å². The van der Waals surface area contributed by atoms with Crippen molar-refractivity contribution >= 4 is 34.6 Å². The molecule has 0 radical (unpaired) electrons. The van der Waals surface area contributed by atoms with Gasteiger partial charge in [-0.25, -0.2) is 4.98 Å². The van der Waals surface area contributed by atoms with Crippen molar-refractivity contribution in [3.63, 3.8) is 0 Å². The molecular formula is C24H24N4O2. The van der Waals surface area contributed by atoms with Crippen molar-refractivity contribution < 1.29 is 9.59 Å².